The van der Waals surface area contributed by atoms with Crippen molar-refractivity contribution in [1.82, 2.24) is 9.71 Å². The first-order valence-corrected chi connectivity index (χ1v) is 9.00. The summed E-state index contributed by atoms with van der Waals surface area (Å²) in [4.78, 5) is 15.9. The number of sulfonamides is 1. The standard InChI is InChI=1S/C13H16N2O5S2/c1-8-12(21-7-14-8)3-4-22(18,19)15-6-10-5-11(13(16)17)9(2)20-10/h5,7,15H,3-4,6H2,1-2H3,(H,16,17). The molecule has 0 saturated heterocycles. The normalized spacial score (nSPS) is 11.7. The Bertz CT molecular complexity index is 776. The topological polar surface area (TPSA) is 110 Å². The van der Waals surface area contributed by atoms with E-state index in [9.17, 15) is 13.2 Å². The van der Waals surface area contributed by atoms with E-state index in [-0.39, 0.29) is 29.4 Å². The van der Waals surface area contributed by atoms with Crippen molar-refractivity contribution in [2.24, 2.45) is 0 Å². The Morgan fingerprint density at radius 3 is 2.73 bits per heavy atom. The first-order chi connectivity index (χ1) is 10.3. The van der Waals surface area contributed by atoms with Crippen molar-refractivity contribution in [3.05, 3.63) is 39.2 Å². The Morgan fingerprint density at radius 2 is 2.18 bits per heavy atom. The van der Waals surface area contributed by atoms with E-state index in [0.29, 0.717) is 6.42 Å². The average molecular weight is 344 g/mol. The predicted octanol–water partition coefficient (Wildman–Crippen LogP) is 1.71. The van der Waals surface area contributed by atoms with E-state index in [0.717, 1.165) is 10.6 Å². The molecule has 120 valence electrons. The first-order valence-electron chi connectivity index (χ1n) is 6.47. The van der Waals surface area contributed by atoms with Crippen molar-refractivity contribution in [3.63, 3.8) is 0 Å². The maximum absolute atomic E-state index is 12.0. The zero-order valence-corrected chi connectivity index (χ0v) is 13.8. The molecule has 0 aliphatic heterocycles. The van der Waals surface area contributed by atoms with Crippen LogP contribution in [0.2, 0.25) is 0 Å². The Labute approximate surface area is 132 Å². The molecule has 7 nitrogen and oxygen atoms in total. The molecule has 0 aromatic carbocycles. The Hall–Kier alpha value is -1.71. The van der Waals surface area contributed by atoms with Crippen LogP contribution in [0.5, 0.6) is 0 Å². The van der Waals surface area contributed by atoms with Crippen LogP contribution < -0.4 is 4.72 Å². The van der Waals surface area contributed by atoms with Crippen LogP contribution in [0.4, 0.5) is 0 Å². The second-order valence-corrected chi connectivity index (χ2v) is 7.60. The van der Waals surface area contributed by atoms with E-state index >= 15 is 0 Å². The number of furan rings is 1. The number of carbonyl (C=O) groups is 1. The van der Waals surface area contributed by atoms with Crippen LogP contribution in [0.25, 0.3) is 0 Å². The summed E-state index contributed by atoms with van der Waals surface area (Å²) in [6.07, 6.45) is 0.392. The number of hydrogen-bond donors (Lipinski definition) is 2. The third kappa shape index (κ3) is 4.15. The second-order valence-electron chi connectivity index (χ2n) is 4.74. The van der Waals surface area contributed by atoms with Crippen molar-refractivity contribution in [3.8, 4) is 0 Å². The fraction of sp³-hybridized carbons (Fsp3) is 0.385. The van der Waals surface area contributed by atoms with Crippen LogP contribution in [-0.4, -0.2) is 30.2 Å². The van der Waals surface area contributed by atoms with Gasteiger partial charge in [0.1, 0.15) is 17.1 Å². The number of aromatic nitrogens is 1. The van der Waals surface area contributed by atoms with Gasteiger partial charge in [0.15, 0.2) is 0 Å². The molecule has 0 aliphatic carbocycles. The fourth-order valence-electron chi connectivity index (χ4n) is 1.89. The maximum Gasteiger partial charge on any atom is 0.339 e. The lowest BCUT2D eigenvalue weighted by Gasteiger charge is -2.04. The van der Waals surface area contributed by atoms with Gasteiger partial charge in [-0.2, -0.15) is 0 Å². The van der Waals surface area contributed by atoms with E-state index in [4.69, 9.17) is 9.52 Å². The number of nitrogens with zero attached hydrogens (tertiary/aromatic N) is 1. The van der Waals surface area contributed by atoms with Crippen molar-refractivity contribution in [1.29, 1.82) is 0 Å². The van der Waals surface area contributed by atoms with E-state index in [1.807, 2.05) is 6.92 Å². The van der Waals surface area contributed by atoms with Gasteiger partial charge in [-0.05, 0) is 26.3 Å². The Balaban J connectivity index is 1.93. The van der Waals surface area contributed by atoms with E-state index in [1.165, 1.54) is 24.3 Å². The van der Waals surface area contributed by atoms with Crippen molar-refractivity contribution in [2.75, 3.05) is 5.75 Å². The molecule has 9 heteroatoms. The van der Waals surface area contributed by atoms with Gasteiger partial charge in [-0.1, -0.05) is 0 Å². The molecule has 0 bridgehead atoms. The van der Waals surface area contributed by atoms with Crippen molar-refractivity contribution >= 4 is 27.3 Å². The minimum Gasteiger partial charge on any atom is -0.478 e. The van der Waals surface area contributed by atoms with Gasteiger partial charge in [-0.25, -0.2) is 22.9 Å². The zero-order chi connectivity index (χ0) is 16.3. The molecule has 2 aromatic rings. The average Bonchev–Trinajstić information content (AvgIpc) is 3.00. The summed E-state index contributed by atoms with van der Waals surface area (Å²) < 4.78 is 31.5. The quantitative estimate of drug-likeness (QED) is 0.791. The number of thiazole rings is 1. The highest BCUT2D eigenvalue weighted by atomic mass is 32.2. The molecule has 2 heterocycles. The molecule has 2 aromatic heterocycles. The number of carboxylic acids is 1. The number of rotatable bonds is 7. The summed E-state index contributed by atoms with van der Waals surface area (Å²) >= 11 is 1.43. The maximum atomic E-state index is 12.0. The molecule has 2 N–H and O–H groups in total. The van der Waals surface area contributed by atoms with Crippen LogP contribution >= 0.6 is 11.3 Å². The van der Waals surface area contributed by atoms with E-state index in [2.05, 4.69) is 9.71 Å². The first kappa shape index (κ1) is 16.7. The highest BCUT2D eigenvalue weighted by molar-refractivity contribution is 7.89. The predicted molar refractivity (Wildman–Crippen MR) is 81.6 cm³/mol. The second kappa shape index (κ2) is 6.59. The lowest BCUT2D eigenvalue weighted by atomic mass is 10.2. The fourth-order valence-corrected chi connectivity index (χ4v) is 3.78. The minimum absolute atomic E-state index is 0.0366. The van der Waals surface area contributed by atoms with Gasteiger partial charge in [0.05, 0.1) is 23.5 Å². The molecule has 22 heavy (non-hydrogen) atoms. The smallest absolute Gasteiger partial charge is 0.339 e. The number of aromatic carboxylic acids is 1. The zero-order valence-electron chi connectivity index (χ0n) is 12.1. The number of nitrogens with one attached hydrogen (secondary N) is 1. The van der Waals surface area contributed by atoms with Gasteiger partial charge in [0.2, 0.25) is 10.0 Å². The summed E-state index contributed by atoms with van der Waals surface area (Å²) in [6, 6.07) is 1.33. The number of aryl methyl sites for hydroxylation is 3. The monoisotopic (exact) mass is 344 g/mol. The molecule has 0 atom stereocenters. The van der Waals surface area contributed by atoms with E-state index < -0.39 is 16.0 Å². The third-order valence-electron chi connectivity index (χ3n) is 3.11. The minimum atomic E-state index is -3.47. The highest BCUT2D eigenvalue weighted by Crippen LogP contribution is 2.15. The SMILES string of the molecule is Cc1ncsc1CCS(=O)(=O)NCc1cc(C(=O)O)c(C)o1. The van der Waals surface area contributed by atoms with Gasteiger partial charge < -0.3 is 9.52 Å². The van der Waals surface area contributed by atoms with Crippen LogP contribution in [0.3, 0.4) is 0 Å². The van der Waals surface area contributed by atoms with Gasteiger partial charge in [-0.15, -0.1) is 11.3 Å². The number of hydrogen-bond acceptors (Lipinski definition) is 6. The molecule has 0 amide bonds. The molecule has 0 unspecified atom stereocenters. The van der Waals surface area contributed by atoms with Crippen LogP contribution in [0.15, 0.2) is 16.0 Å². The highest BCUT2D eigenvalue weighted by Gasteiger charge is 2.16. The van der Waals surface area contributed by atoms with Gasteiger partial charge in [0, 0.05) is 4.88 Å². The van der Waals surface area contributed by atoms with Gasteiger partial charge >= 0.3 is 5.97 Å². The van der Waals surface area contributed by atoms with Gasteiger partial charge in [-0.3, -0.25) is 0 Å². The largest absolute Gasteiger partial charge is 0.478 e. The lowest BCUT2D eigenvalue weighted by molar-refractivity contribution is 0.0695. The summed E-state index contributed by atoms with van der Waals surface area (Å²) in [6.45, 7) is 3.29. The molecule has 0 saturated carbocycles. The van der Waals surface area contributed by atoms with Crippen LogP contribution in [0, 0.1) is 13.8 Å². The molecule has 0 aliphatic rings. The molecule has 2 rings (SSSR count). The summed E-state index contributed by atoms with van der Waals surface area (Å²) in [5.74, 6) is -0.632. The van der Waals surface area contributed by atoms with Crippen LogP contribution in [0.1, 0.15) is 32.4 Å². The van der Waals surface area contributed by atoms with Crippen molar-refractivity contribution in [2.45, 2.75) is 26.8 Å². The molecular weight excluding hydrogens is 328 g/mol. The molecular formula is C13H16N2O5S2. The lowest BCUT2D eigenvalue weighted by Crippen LogP contribution is -2.26. The van der Waals surface area contributed by atoms with E-state index in [1.54, 1.807) is 5.51 Å². The summed E-state index contributed by atoms with van der Waals surface area (Å²) in [5, 5.41) is 8.92. The summed E-state index contributed by atoms with van der Waals surface area (Å²) in [5.41, 5.74) is 2.56. The third-order valence-corrected chi connectivity index (χ3v) is 5.43. The van der Waals surface area contributed by atoms with Crippen molar-refractivity contribution < 1.29 is 22.7 Å². The number of carboxylic acid groups (broad SMARTS) is 1. The Morgan fingerprint density at radius 1 is 1.45 bits per heavy atom. The molecule has 0 spiro atoms. The molecule has 0 fully saturated rings. The summed E-state index contributed by atoms with van der Waals surface area (Å²) in [7, 11) is -3.47. The van der Waals surface area contributed by atoms with Gasteiger partial charge in [0.25, 0.3) is 0 Å². The molecule has 0 radical (unpaired) electrons. The van der Waals surface area contributed by atoms with Crippen LogP contribution in [-0.2, 0) is 23.0 Å². The Kier molecular flexibility index (Phi) is 4.99.